The van der Waals surface area contributed by atoms with Crippen LogP contribution in [0.3, 0.4) is 0 Å². The standard InChI is InChI=1S/C9H13NS/c1-3-11-9-6-4-5-8(7-9)10-2/h4-7,10H,3H2,1-2H3. The van der Waals surface area contributed by atoms with E-state index in [2.05, 4.69) is 36.5 Å². The van der Waals surface area contributed by atoms with E-state index in [4.69, 9.17) is 0 Å². The number of nitrogens with one attached hydrogen (secondary N) is 1. The fourth-order valence-electron chi connectivity index (χ4n) is 0.908. The maximum atomic E-state index is 3.11. The molecular formula is C9H13NS. The maximum Gasteiger partial charge on any atom is 0.0348 e. The second-order valence-electron chi connectivity index (χ2n) is 2.21. The molecule has 1 N–H and O–H groups in total. The molecule has 60 valence electrons. The predicted octanol–water partition coefficient (Wildman–Crippen LogP) is 2.84. The number of thioether (sulfide) groups is 1. The Kier molecular flexibility index (Phi) is 3.30. The van der Waals surface area contributed by atoms with Crippen molar-refractivity contribution in [1.82, 2.24) is 0 Å². The van der Waals surface area contributed by atoms with Crippen LogP contribution in [0.15, 0.2) is 29.2 Å². The van der Waals surface area contributed by atoms with E-state index in [1.54, 1.807) is 0 Å². The van der Waals surface area contributed by atoms with Gasteiger partial charge in [0.15, 0.2) is 0 Å². The Bertz CT molecular complexity index is 223. The SMILES string of the molecule is CCSc1cccc(NC)c1. The van der Waals surface area contributed by atoms with Crippen molar-refractivity contribution in [3.8, 4) is 0 Å². The van der Waals surface area contributed by atoms with Gasteiger partial charge in [-0.25, -0.2) is 0 Å². The van der Waals surface area contributed by atoms with E-state index < -0.39 is 0 Å². The molecule has 0 aliphatic heterocycles. The van der Waals surface area contributed by atoms with Gasteiger partial charge in [-0.2, -0.15) is 0 Å². The molecule has 1 aromatic rings. The van der Waals surface area contributed by atoms with Gasteiger partial charge in [0, 0.05) is 17.6 Å². The highest BCUT2D eigenvalue weighted by Gasteiger charge is 1.91. The van der Waals surface area contributed by atoms with E-state index in [1.165, 1.54) is 10.6 Å². The van der Waals surface area contributed by atoms with Crippen LogP contribution in [0.5, 0.6) is 0 Å². The van der Waals surface area contributed by atoms with Gasteiger partial charge in [0.25, 0.3) is 0 Å². The molecule has 0 radical (unpaired) electrons. The van der Waals surface area contributed by atoms with Gasteiger partial charge in [0.2, 0.25) is 0 Å². The second kappa shape index (κ2) is 4.29. The summed E-state index contributed by atoms with van der Waals surface area (Å²) >= 11 is 1.86. The molecule has 0 aromatic heterocycles. The zero-order valence-electron chi connectivity index (χ0n) is 6.92. The van der Waals surface area contributed by atoms with E-state index in [9.17, 15) is 0 Å². The molecule has 0 unspecified atom stereocenters. The van der Waals surface area contributed by atoms with E-state index >= 15 is 0 Å². The van der Waals surface area contributed by atoms with Gasteiger partial charge in [-0.15, -0.1) is 11.8 Å². The largest absolute Gasteiger partial charge is 0.388 e. The molecule has 0 saturated heterocycles. The van der Waals surface area contributed by atoms with Crippen molar-refractivity contribution < 1.29 is 0 Å². The molecule has 1 nitrogen and oxygen atoms in total. The fraction of sp³-hybridized carbons (Fsp3) is 0.333. The lowest BCUT2D eigenvalue weighted by molar-refractivity contribution is 1.40. The number of hydrogen-bond donors (Lipinski definition) is 1. The van der Waals surface area contributed by atoms with Crippen LogP contribution >= 0.6 is 11.8 Å². The first-order valence-corrected chi connectivity index (χ1v) is 4.76. The minimum Gasteiger partial charge on any atom is -0.388 e. The third-order valence-corrected chi connectivity index (χ3v) is 2.31. The van der Waals surface area contributed by atoms with Gasteiger partial charge < -0.3 is 5.32 Å². The Hall–Kier alpha value is -0.630. The van der Waals surface area contributed by atoms with Crippen LogP contribution in [0.25, 0.3) is 0 Å². The summed E-state index contributed by atoms with van der Waals surface area (Å²) in [6.07, 6.45) is 0. The summed E-state index contributed by atoms with van der Waals surface area (Å²) in [5.41, 5.74) is 1.18. The van der Waals surface area contributed by atoms with Crippen molar-refractivity contribution >= 4 is 17.4 Å². The zero-order valence-corrected chi connectivity index (χ0v) is 7.74. The highest BCUT2D eigenvalue weighted by molar-refractivity contribution is 7.99. The third kappa shape index (κ3) is 2.46. The van der Waals surface area contributed by atoms with Crippen molar-refractivity contribution in [3.05, 3.63) is 24.3 Å². The molecule has 2 heteroatoms. The van der Waals surface area contributed by atoms with Gasteiger partial charge in [0.1, 0.15) is 0 Å². The van der Waals surface area contributed by atoms with Crippen LogP contribution in [0.4, 0.5) is 5.69 Å². The highest BCUT2D eigenvalue weighted by Crippen LogP contribution is 2.20. The Labute approximate surface area is 72.2 Å². The van der Waals surface area contributed by atoms with E-state index in [0.717, 1.165) is 5.75 Å². The Morgan fingerprint density at radius 2 is 2.27 bits per heavy atom. The molecule has 11 heavy (non-hydrogen) atoms. The molecule has 0 heterocycles. The van der Waals surface area contributed by atoms with Crippen molar-refractivity contribution in [2.24, 2.45) is 0 Å². The van der Waals surface area contributed by atoms with Gasteiger partial charge in [-0.05, 0) is 24.0 Å². The summed E-state index contributed by atoms with van der Waals surface area (Å²) < 4.78 is 0. The fourth-order valence-corrected chi connectivity index (χ4v) is 1.63. The molecule has 0 bridgehead atoms. The molecule has 0 atom stereocenters. The molecule has 1 aromatic carbocycles. The topological polar surface area (TPSA) is 12.0 Å². The lowest BCUT2D eigenvalue weighted by Gasteiger charge is -2.01. The first-order chi connectivity index (χ1) is 5.36. The minimum atomic E-state index is 1.13. The van der Waals surface area contributed by atoms with Gasteiger partial charge in [-0.1, -0.05) is 13.0 Å². The van der Waals surface area contributed by atoms with Crippen LogP contribution < -0.4 is 5.32 Å². The molecule has 0 amide bonds. The van der Waals surface area contributed by atoms with Crippen molar-refractivity contribution in [1.29, 1.82) is 0 Å². The van der Waals surface area contributed by atoms with Gasteiger partial charge >= 0.3 is 0 Å². The number of benzene rings is 1. The first kappa shape index (κ1) is 8.47. The Morgan fingerprint density at radius 3 is 2.91 bits per heavy atom. The molecule has 0 aliphatic rings. The number of anilines is 1. The summed E-state index contributed by atoms with van der Waals surface area (Å²) in [7, 11) is 1.94. The van der Waals surface area contributed by atoms with Crippen LogP contribution in [0.1, 0.15) is 6.92 Å². The monoisotopic (exact) mass is 167 g/mol. The highest BCUT2D eigenvalue weighted by atomic mass is 32.2. The summed E-state index contributed by atoms with van der Waals surface area (Å²) in [5.74, 6) is 1.13. The molecular weight excluding hydrogens is 154 g/mol. The lowest BCUT2D eigenvalue weighted by Crippen LogP contribution is -1.86. The Morgan fingerprint density at radius 1 is 1.45 bits per heavy atom. The normalized spacial score (nSPS) is 9.64. The van der Waals surface area contributed by atoms with Gasteiger partial charge in [-0.3, -0.25) is 0 Å². The average Bonchev–Trinajstić information content (AvgIpc) is 2.06. The lowest BCUT2D eigenvalue weighted by atomic mass is 10.3. The van der Waals surface area contributed by atoms with Gasteiger partial charge in [0.05, 0.1) is 0 Å². The number of rotatable bonds is 3. The summed E-state index contributed by atoms with van der Waals surface area (Å²) in [6.45, 7) is 2.16. The maximum absolute atomic E-state index is 3.11. The summed E-state index contributed by atoms with van der Waals surface area (Å²) in [5, 5.41) is 3.11. The average molecular weight is 167 g/mol. The minimum absolute atomic E-state index is 1.13. The van der Waals surface area contributed by atoms with E-state index in [1.807, 2.05) is 18.8 Å². The Balaban J connectivity index is 2.74. The first-order valence-electron chi connectivity index (χ1n) is 3.77. The molecule has 0 aliphatic carbocycles. The van der Waals surface area contributed by atoms with Crippen LogP contribution in [0.2, 0.25) is 0 Å². The molecule has 1 rings (SSSR count). The second-order valence-corrected chi connectivity index (χ2v) is 3.55. The molecule has 0 fully saturated rings. The van der Waals surface area contributed by atoms with Crippen molar-refractivity contribution in [2.45, 2.75) is 11.8 Å². The quantitative estimate of drug-likeness (QED) is 0.695. The van der Waals surface area contributed by atoms with Crippen LogP contribution in [-0.4, -0.2) is 12.8 Å². The molecule has 0 saturated carbocycles. The predicted molar refractivity (Wildman–Crippen MR) is 52.4 cm³/mol. The van der Waals surface area contributed by atoms with E-state index in [0.29, 0.717) is 0 Å². The smallest absolute Gasteiger partial charge is 0.0348 e. The summed E-state index contributed by atoms with van der Waals surface area (Å²) in [4.78, 5) is 1.33. The zero-order chi connectivity index (χ0) is 8.10. The van der Waals surface area contributed by atoms with Crippen LogP contribution in [0, 0.1) is 0 Å². The van der Waals surface area contributed by atoms with Crippen LogP contribution in [-0.2, 0) is 0 Å². The summed E-state index contributed by atoms with van der Waals surface area (Å²) in [6, 6.07) is 8.44. The van der Waals surface area contributed by atoms with Crippen molar-refractivity contribution in [3.63, 3.8) is 0 Å². The van der Waals surface area contributed by atoms with E-state index in [-0.39, 0.29) is 0 Å². The van der Waals surface area contributed by atoms with Crippen molar-refractivity contribution in [2.75, 3.05) is 18.1 Å². The number of hydrogen-bond acceptors (Lipinski definition) is 2. The third-order valence-electron chi connectivity index (χ3n) is 1.43. The molecule has 0 spiro atoms.